The van der Waals surface area contributed by atoms with Crippen molar-refractivity contribution in [2.45, 2.75) is 6.61 Å². The minimum absolute atomic E-state index is 0.0688. The Hall–Kier alpha value is -1.40. The number of hydrazone groups is 1. The first-order valence-corrected chi connectivity index (χ1v) is 5.59. The Morgan fingerprint density at radius 3 is 2.78 bits per heavy atom. The molecule has 0 fully saturated rings. The highest BCUT2D eigenvalue weighted by Crippen LogP contribution is 2.30. The maximum absolute atomic E-state index is 12.1. The highest BCUT2D eigenvalue weighted by molar-refractivity contribution is 6.44. The van der Waals surface area contributed by atoms with Crippen LogP contribution in [0, 0.1) is 0 Å². The van der Waals surface area contributed by atoms with Gasteiger partial charge in [-0.2, -0.15) is 13.9 Å². The quantitative estimate of drug-likeness (QED) is 0.392. The van der Waals surface area contributed by atoms with E-state index in [0.717, 1.165) is 0 Å². The molecule has 0 atom stereocenters. The number of halogens is 4. The summed E-state index contributed by atoms with van der Waals surface area (Å²) < 4.78 is 28.4. The van der Waals surface area contributed by atoms with Crippen molar-refractivity contribution in [2.24, 2.45) is 15.9 Å². The van der Waals surface area contributed by atoms with E-state index in [2.05, 4.69) is 14.8 Å². The third kappa shape index (κ3) is 4.46. The van der Waals surface area contributed by atoms with E-state index in [1.54, 1.807) is 0 Å². The molecular formula is C10H9Cl2F2N3O. The summed E-state index contributed by atoms with van der Waals surface area (Å²) in [5, 5.41) is 3.44. The van der Waals surface area contributed by atoms with Gasteiger partial charge in [0.05, 0.1) is 28.5 Å². The second-order valence-electron chi connectivity index (χ2n) is 3.01. The molecule has 98 valence electrons. The number of rotatable bonds is 5. The fraction of sp³-hybridized carbons (Fsp3) is 0.200. The van der Waals surface area contributed by atoms with Crippen molar-refractivity contribution in [1.82, 2.24) is 0 Å². The summed E-state index contributed by atoms with van der Waals surface area (Å²) in [6, 6.07) is 4.19. The standard InChI is InChI=1S/C10H9Cl2F2N3O/c11-4-7(17-15)5-16-6-1-2-8(12)9(3-6)18-10(13)14/h1-3,5,10H,4,15H2. The smallest absolute Gasteiger partial charge is 0.387 e. The lowest BCUT2D eigenvalue weighted by atomic mass is 10.3. The minimum atomic E-state index is -2.95. The van der Waals surface area contributed by atoms with Gasteiger partial charge in [-0.1, -0.05) is 11.6 Å². The maximum Gasteiger partial charge on any atom is 0.387 e. The number of nitrogens with two attached hydrogens (primary N) is 1. The van der Waals surface area contributed by atoms with E-state index in [1.807, 2.05) is 0 Å². The molecule has 0 saturated carbocycles. The average molecular weight is 296 g/mol. The van der Waals surface area contributed by atoms with Crippen molar-refractivity contribution < 1.29 is 13.5 Å². The van der Waals surface area contributed by atoms with Crippen molar-refractivity contribution >= 4 is 40.8 Å². The Morgan fingerprint density at radius 2 is 2.22 bits per heavy atom. The van der Waals surface area contributed by atoms with Crippen LogP contribution in [0.4, 0.5) is 14.5 Å². The SMILES string of the molecule is NN=C(C=Nc1ccc(Cl)c(OC(F)F)c1)CCl. The van der Waals surface area contributed by atoms with Crippen LogP contribution in [0.5, 0.6) is 5.75 Å². The van der Waals surface area contributed by atoms with Crippen LogP contribution in [0.15, 0.2) is 28.3 Å². The summed E-state index contributed by atoms with van der Waals surface area (Å²) in [5.41, 5.74) is 0.712. The zero-order chi connectivity index (χ0) is 13.5. The Balaban J connectivity index is 2.91. The Morgan fingerprint density at radius 1 is 1.50 bits per heavy atom. The molecule has 0 saturated heterocycles. The van der Waals surface area contributed by atoms with Crippen molar-refractivity contribution in [3.05, 3.63) is 23.2 Å². The number of hydrogen-bond acceptors (Lipinski definition) is 4. The van der Waals surface area contributed by atoms with Crippen LogP contribution < -0.4 is 10.6 Å². The van der Waals surface area contributed by atoms with Gasteiger partial charge in [-0.15, -0.1) is 11.6 Å². The van der Waals surface area contributed by atoms with Crippen LogP contribution >= 0.6 is 23.2 Å². The van der Waals surface area contributed by atoms with Crippen LogP contribution in [-0.4, -0.2) is 24.4 Å². The molecule has 0 heterocycles. The first-order chi connectivity index (χ1) is 8.56. The molecule has 18 heavy (non-hydrogen) atoms. The van der Waals surface area contributed by atoms with E-state index in [4.69, 9.17) is 29.0 Å². The third-order valence-corrected chi connectivity index (χ3v) is 2.38. The Kier molecular flexibility index (Phi) is 5.80. The first kappa shape index (κ1) is 14.7. The largest absolute Gasteiger partial charge is 0.433 e. The van der Waals surface area contributed by atoms with Gasteiger partial charge in [0, 0.05) is 6.07 Å². The maximum atomic E-state index is 12.1. The van der Waals surface area contributed by atoms with E-state index >= 15 is 0 Å². The number of ether oxygens (including phenoxy) is 1. The van der Waals surface area contributed by atoms with Crippen molar-refractivity contribution in [3.63, 3.8) is 0 Å². The van der Waals surface area contributed by atoms with Crippen molar-refractivity contribution in [3.8, 4) is 5.75 Å². The third-order valence-electron chi connectivity index (χ3n) is 1.80. The van der Waals surface area contributed by atoms with Gasteiger partial charge in [-0.25, -0.2) is 0 Å². The number of nitrogens with zero attached hydrogens (tertiary/aromatic N) is 2. The fourth-order valence-electron chi connectivity index (χ4n) is 1.01. The van der Waals surface area contributed by atoms with Gasteiger partial charge < -0.3 is 10.6 Å². The summed E-state index contributed by atoms with van der Waals surface area (Å²) >= 11 is 11.2. The number of alkyl halides is 3. The van der Waals surface area contributed by atoms with Gasteiger partial charge in [-0.3, -0.25) is 4.99 Å². The van der Waals surface area contributed by atoms with Crippen LogP contribution in [-0.2, 0) is 0 Å². The molecule has 1 aromatic rings. The van der Waals surface area contributed by atoms with E-state index in [9.17, 15) is 8.78 Å². The number of aliphatic imine (C=N–C) groups is 1. The molecule has 0 amide bonds. The molecule has 0 aliphatic heterocycles. The lowest BCUT2D eigenvalue weighted by molar-refractivity contribution is -0.0497. The highest BCUT2D eigenvalue weighted by Gasteiger charge is 2.09. The number of hydrogen-bond donors (Lipinski definition) is 1. The first-order valence-electron chi connectivity index (χ1n) is 4.68. The van der Waals surface area contributed by atoms with Gasteiger partial charge in [0.15, 0.2) is 0 Å². The topological polar surface area (TPSA) is 60.0 Å². The van der Waals surface area contributed by atoms with E-state index < -0.39 is 6.61 Å². The molecule has 1 aromatic carbocycles. The molecular weight excluding hydrogens is 287 g/mol. The normalized spacial score (nSPS) is 12.4. The Labute approximate surface area is 112 Å². The monoisotopic (exact) mass is 295 g/mol. The summed E-state index contributed by atoms with van der Waals surface area (Å²) in [6.45, 7) is -2.95. The predicted molar refractivity (Wildman–Crippen MR) is 68.6 cm³/mol. The highest BCUT2D eigenvalue weighted by atomic mass is 35.5. The molecule has 0 radical (unpaired) electrons. The van der Waals surface area contributed by atoms with Crippen LogP contribution in [0.25, 0.3) is 0 Å². The second-order valence-corrected chi connectivity index (χ2v) is 3.68. The lowest BCUT2D eigenvalue weighted by Crippen LogP contribution is -2.05. The summed E-state index contributed by atoms with van der Waals surface area (Å²) in [7, 11) is 0. The van der Waals surface area contributed by atoms with Gasteiger partial charge in [0.25, 0.3) is 0 Å². The molecule has 4 nitrogen and oxygen atoms in total. The molecule has 0 spiro atoms. The lowest BCUT2D eigenvalue weighted by Gasteiger charge is -2.06. The zero-order valence-corrected chi connectivity index (χ0v) is 10.5. The van der Waals surface area contributed by atoms with Gasteiger partial charge in [0.2, 0.25) is 0 Å². The Bertz CT molecular complexity index is 466. The average Bonchev–Trinajstić information content (AvgIpc) is 2.33. The molecule has 0 aliphatic rings. The molecule has 0 unspecified atom stereocenters. The van der Waals surface area contributed by atoms with Gasteiger partial charge in [-0.05, 0) is 12.1 Å². The zero-order valence-electron chi connectivity index (χ0n) is 8.99. The molecule has 0 bridgehead atoms. The van der Waals surface area contributed by atoms with E-state index in [1.165, 1.54) is 24.4 Å². The van der Waals surface area contributed by atoms with E-state index in [0.29, 0.717) is 11.4 Å². The minimum Gasteiger partial charge on any atom is -0.433 e. The number of benzene rings is 1. The van der Waals surface area contributed by atoms with Gasteiger partial charge in [0.1, 0.15) is 5.75 Å². The predicted octanol–water partition coefficient (Wildman–Crippen LogP) is 3.20. The summed E-state index contributed by atoms with van der Waals surface area (Å²) in [5.74, 6) is 4.97. The van der Waals surface area contributed by atoms with Crippen molar-refractivity contribution in [1.29, 1.82) is 0 Å². The van der Waals surface area contributed by atoms with Crippen LogP contribution in [0.2, 0.25) is 5.02 Å². The van der Waals surface area contributed by atoms with Crippen molar-refractivity contribution in [2.75, 3.05) is 5.88 Å². The van der Waals surface area contributed by atoms with E-state index in [-0.39, 0.29) is 16.7 Å². The van der Waals surface area contributed by atoms with Crippen LogP contribution in [0.3, 0.4) is 0 Å². The molecule has 8 heteroatoms. The summed E-state index contributed by atoms with van der Waals surface area (Å²) in [6.07, 6.45) is 1.32. The second kappa shape index (κ2) is 7.13. The van der Waals surface area contributed by atoms with Crippen LogP contribution in [0.1, 0.15) is 0 Å². The molecule has 0 aromatic heterocycles. The van der Waals surface area contributed by atoms with Gasteiger partial charge >= 0.3 is 6.61 Å². The molecule has 0 aliphatic carbocycles. The molecule has 2 N–H and O–H groups in total. The summed E-state index contributed by atoms with van der Waals surface area (Å²) in [4.78, 5) is 3.95. The molecule has 1 rings (SSSR count). The fourth-order valence-corrected chi connectivity index (χ4v) is 1.31.